The molecule has 3 rings (SSSR count). The second kappa shape index (κ2) is 6.33. The van der Waals surface area contributed by atoms with Crippen molar-refractivity contribution in [1.82, 2.24) is 9.42 Å². The maximum absolute atomic E-state index is 13.1. The fraction of sp³-hybridized carbons (Fsp3) is 0.375. The van der Waals surface area contributed by atoms with E-state index in [9.17, 15) is 21.9 Å². The van der Waals surface area contributed by atoms with Crippen molar-refractivity contribution in [3.8, 4) is 0 Å². The minimum Gasteiger partial charge on any atom is -0.390 e. The molecule has 25 heavy (non-hydrogen) atoms. The Kier molecular flexibility index (Phi) is 4.63. The molecule has 1 heterocycles. The highest BCUT2D eigenvalue weighted by molar-refractivity contribution is 7.92. The van der Waals surface area contributed by atoms with Crippen LogP contribution in [0.4, 0.5) is 0 Å². The van der Waals surface area contributed by atoms with E-state index in [0.717, 1.165) is 15.2 Å². The first-order chi connectivity index (χ1) is 11.6. The molecule has 136 valence electrons. The Morgan fingerprint density at radius 1 is 1.04 bits per heavy atom. The zero-order valence-corrected chi connectivity index (χ0v) is 15.5. The summed E-state index contributed by atoms with van der Waals surface area (Å²) in [7, 11) is -4.49. The second-order valence-corrected chi connectivity index (χ2v) is 10.3. The Hall–Kier alpha value is -1.52. The summed E-state index contributed by atoms with van der Waals surface area (Å²) in [5, 5.41) is 13.1. The van der Waals surface area contributed by atoms with Gasteiger partial charge in [-0.3, -0.25) is 0 Å². The third-order valence-electron chi connectivity index (χ3n) is 4.24. The molecule has 0 amide bonds. The third kappa shape index (κ3) is 3.42. The van der Waals surface area contributed by atoms with Crippen molar-refractivity contribution in [2.45, 2.75) is 17.0 Å². The van der Waals surface area contributed by atoms with Gasteiger partial charge in [0, 0.05) is 14.1 Å². The van der Waals surface area contributed by atoms with Crippen LogP contribution >= 0.6 is 0 Å². The number of fused-ring (bicyclic) bond motifs is 1. The van der Waals surface area contributed by atoms with Gasteiger partial charge < -0.3 is 5.11 Å². The van der Waals surface area contributed by atoms with Gasteiger partial charge in [0.25, 0.3) is 10.0 Å². The van der Waals surface area contributed by atoms with Crippen LogP contribution in [0.5, 0.6) is 0 Å². The van der Waals surface area contributed by atoms with Gasteiger partial charge in [-0.25, -0.2) is 21.8 Å². The van der Waals surface area contributed by atoms with Crippen molar-refractivity contribution in [1.29, 1.82) is 0 Å². The lowest BCUT2D eigenvalue weighted by molar-refractivity contribution is 0.0272. The topological polar surface area (TPSA) is 95.0 Å². The summed E-state index contributed by atoms with van der Waals surface area (Å²) < 4.78 is 50.9. The first kappa shape index (κ1) is 18.3. The van der Waals surface area contributed by atoms with Crippen LogP contribution in [0, 0.1) is 0 Å². The summed E-state index contributed by atoms with van der Waals surface area (Å²) >= 11 is 0. The van der Waals surface area contributed by atoms with Crippen LogP contribution in [0.3, 0.4) is 0 Å². The average molecular weight is 384 g/mol. The maximum Gasteiger partial charge on any atom is 0.256 e. The van der Waals surface area contributed by atoms with Crippen molar-refractivity contribution >= 4 is 30.6 Å². The van der Waals surface area contributed by atoms with Crippen molar-refractivity contribution < 1.29 is 21.9 Å². The highest BCUT2D eigenvalue weighted by atomic mass is 32.2. The van der Waals surface area contributed by atoms with E-state index >= 15 is 0 Å². The van der Waals surface area contributed by atoms with E-state index in [1.165, 1.54) is 25.2 Å². The van der Waals surface area contributed by atoms with Crippen molar-refractivity contribution in [2.24, 2.45) is 0 Å². The first-order valence-corrected chi connectivity index (χ1v) is 11.0. The maximum atomic E-state index is 13.1. The molecule has 2 aromatic rings. The number of aliphatic hydroxyl groups excluding tert-OH is 1. The van der Waals surface area contributed by atoms with Crippen LogP contribution in [0.2, 0.25) is 0 Å². The zero-order valence-electron chi connectivity index (χ0n) is 13.9. The molecule has 0 radical (unpaired) electrons. The molecular formula is C16H20N2O5S2. The summed E-state index contributed by atoms with van der Waals surface area (Å²) in [6.45, 7) is 0. The molecule has 2 aromatic carbocycles. The summed E-state index contributed by atoms with van der Waals surface area (Å²) in [6, 6.07) is 11.1. The summed E-state index contributed by atoms with van der Waals surface area (Å²) in [4.78, 5) is 0.0522. The normalized spacial score (nSPS) is 23.6. The number of nitrogens with zero attached hydrogens (tertiary/aromatic N) is 2. The lowest BCUT2D eigenvalue weighted by atomic mass is 10.1. The molecule has 1 saturated heterocycles. The van der Waals surface area contributed by atoms with Crippen LogP contribution in [0.15, 0.2) is 47.4 Å². The van der Waals surface area contributed by atoms with E-state index in [2.05, 4.69) is 0 Å². The number of sulfonamides is 1. The largest absolute Gasteiger partial charge is 0.390 e. The van der Waals surface area contributed by atoms with Crippen molar-refractivity contribution in [2.75, 3.05) is 25.6 Å². The Balaban J connectivity index is 2.08. The van der Waals surface area contributed by atoms with Crippen LogP contribution < -0.4 is 0 Å². The Morgan fingerprint density at radius 3 is 2.24 bits per heavy atom. The lowest BCUT2D eigenvalue weighted by Gasteiger charge is -2.34. The fourth-order valence-corrected chi connectivity index (χ4v) is 6.74. The van der Waals surface area contributed by atoms with E-state index in [4.69, 9.17) is 0 Å². The predicted molar refractivity (Wildman–Crippen MR) is 95.1 cm³/mol. The second-order valence-electron chi connectivity index (χ2n) is 6.35. The van der Waals surface area contributed by atoms with E-state index in [1.54, 1.807) is 12.1 Å². The highest BCUT2D eigenvalue weighted by Crippen LogP contribution is 2.28. The van der Waals surface area contributed by atoms with Gasteiger partial charge in [-0.2, -0.15) is 0 Å². The molecule has 2 atom stereocenters. The number of hydrogen-bond acceptors (Lipinski definition) is 6. The molecule has 9 heteroatoms. The highest BCUT2D eigenvalue weighted by Gasteiger charge is 2.46. The Morgan fingerprint density at radius 2 is 1.68 bits per heavy atom. The molecule has 1 aliphatic rings. The number of hydrogen-bond donors (Lipinski definition) is 1. The molecule has 7 nitrogen and oxygen atoms in total. The molecule has 0 bridgehead atoms. The van der Waals surface area contributed by atoms with Gasteiger partial charge in [0.2, 0.25) is 0 Å². The minimum atomic E-state index is -4.02. The minimum absolute atomic E-state index is 0.0522. The van der Waals surface area contributed by atoms with E-state index in [1.807, 2.05) is 24.3 Å². The quantitative estimate of drug-likeness (QED) is 0.770. The smallest absolute Gasteiger partial charge is 0.256 e. The van der Waals surface area contributed by atoms with Crippen LogP contribution in [0.25, 0.3) is 10.8 Å². The van der Waals surface area contributed by atoms with Gasteiger partial charge in [-0.1, -0.05) is 30.3 Å². The fourth-order valence-electron chi connectivity index (χ4n) is 3.15. The molecule has 0 spiro atoms. The van der Waals surface area contributed by atoms with E-state index in [0.29, 0.717) is 0 Å². The monoisotopic (exact) mass is 384 g/mol. The zero-order chi connectivity index (χ0) is 18.4. The number of hydrazine groups is 1. The van der Waals surface area contributed by atoms with Gasteiger partial charge in [0.15, 0.2) is 9.84 Å². The lowest BCUT2D eigenvalue weighted by Crippen LogP contribution is -2.53. The molecule has 0 aromatic heterocycles. The molecule has 0 unspecified atom stereocenters. The van der Waals surface area contributed by atoms with E-state index < -0.39 is 43.5 Å². The van der Waals surface area contributed by atoms with Gasteiger partial charge in [0.1, 0.15) is 0 Å². The Bertz CT molecular complexity index is 1000. The van der Waals surface area contributed by atoms with Crippen molar-refractivity contribution in [3.63, 3.8) is 0 Å². The summed E-state index contributed by atoms with van der Waals surface area (Å²) in [5.74, 6) is -0.839. The SMILES string of the molecule is CN(C)N([C@H]1CS(=O)(=O)C[C@H]1O)S(=O)(=O)c1ccc2ccccc2c1. The first-order valence-electron chi connectivity index (χ1n) is 7.71. The number of sulfone groups is 1. The van der Waals surface area contributed by atoms with Gasteiger partial charge >= 0.3 is 0 Å². The molecule has 0 saturated carbocycles. The molecule has 1 fully saturated rings. The van der Waals surface area contributed by atoms with Gasteiger partial charge in [-0.15, -0.1) is 4.41 Å². The predicted octanol–water partition coefficient (Wildman–Crippen LogP) is 0.465. The standard InChI is InChI=1S/C16H20N2O5S2/c1-17(2)18(15-10-24(20,21)11-16(15)19)25(22,23)14-8-7-12-5-3-4-6-13(12)9-14/h3-9,15-16,19H,10-11H2,1-2H3/t15-,16+/m0/s1. The Labute approximate surface area is 147 Å². The third-order valence-corrected chi connectivity index (χ3v) is 7.87. The molecule has 0 aliphatic carbocycles. The van der Waals surface area contributed by atoms with E-state index in [-0.39, 0.29) is 4.90 Å². The molecule has 1 aliphatic heterocycles. The van der Waals surface area contributed by atoms with Gasteiger partial charge in [-0.05, 0) is 22.9 Å². The molecular weight excluding hydrogens is 364 g/mol. The number of aliphatic hydroxyl groups is 1. The van der Waals surface area contributed by atoms with Crippen LogP contribution in [-0.2, 0) is 19.9 Å². The van der Waals surface area contributed by atoms with Gasteiger partial charge in [0.05, 0.1) is 28.5 Å². The number of benzene rings is 2. The molecule has 1 N–H and O–H groups in total. The summed E-state index contributed by atoms with van der Waals surface area (Å²) in [6.07, 6.45) is -1.26. The summed E-state index contributed by atoms with van der Waals surface area (Å²) in [5.41, 5.74) is 0. The average Bonchev–Trinajstić information content (AvgIpc) is 2.78. The van der Waals surface area contributed by atoms with Crippen molar-refractivity contribution in [3.05, 3.63) is 42.5 Å². The number of rotatable bonds is 4. The van der Waals surface area contributed by atoms with Crippen LogP contribution in [-0.4, -0.2) is 69.1 Å². The van der Waals surface area contributed by atoms with Crippen LogP contribution in [0.1, 0.15) is 0 Å².